The van der Waals surface area contributed by atoms with E-state index in [4.69, 9.17) is 23.7 Å². The zero-order valence-electron chi connectivity index (χ0n) is 23.0. The molecule has 4 rings (SSSR count). The highest BCUT2D eigenvalue weighted by Gasteiger charge is 2.24. The fourth-order valence-corrected chi connectivity index (χ4v) is 4.21. The van der Waals surface area contributed by atoms with Crippen molar-refractivity contribution >= 4 is 28.4 Å². The SMILES string of the molecule is COCCOc1cc2ncnc(N3CCN(C(=O)Nc4ccc(OC(C)C)cc4)CC3)c2cc1OCCOC. The molecule has 0 radical (unpaired) electrons. The van der Waals surface area contributed by atoms with Gasteiger partial charge in [0.1, 0.15) is 31.1 Å². The Morgan fingerprint density at radius 2 is 1.54 bits per heavy atom. The van der Waals surface area contributed by atoms with Gasteiger partial charge in [0, 0.05) is 57.5 Å². The number of hydrogen-bond donors (Lipinski definition) is 1. The number of ether oxygens (including phenoxy) is 5. The van der Waals surface area contributed by atoms with Crippen molar-refractivity contribution in [3.8, 4) is 17.2 Å². The maximum atomic E-state index is 12.9. The van der Waals surface area contributed by atoms with Crippen molar-refractivity contribution in [3.05, 3.63) is 42.7 Å². The molecule has 1 N–H and O–H groups in total. The molecule has 1 saturated heterocycles. The van der Waals surface area contributed by atoms with Crippen LogP contribution in [0.1, 0.15) is 13.8 Å². The molecule has 1 aromatic heterocycles. The molecule has 2 aromatic carbocycles. The number of hydrogen-bond acceptors (Lipinski definition) is 9. The molecule has 11 nitrogen and oxygen atoms in total. The van der Waals surface area contributed by atoms with Crippen molar-refractivity contribution in [2.75, 3.05) is 77.0 Å². The van der Waals surface area contributed by atoms with Gasteiger partial charge in [0.15, 0.2) is 11.5 Å². The molecule has 0 saturated carbocycles. The lowest BCUT2D eigenvalue weighted by atomic mass is 10.2. The van der Waals surface area contributed by atoms with Crippen LogP contribution in [0.15, 0.2) is 42.7 Å². The Morgan fingerprint density at radius 3 is 2.15 bits per heavy atom. The van der Waals surface area contributed by atoms with E-state index in [0.29, 0.717) is 64.1 Å². The van der Waals surface area contributed by atoms with Gasteiger partial charge in [-0.05, 0) is 44.2 Å². The van der Waals surface area contributed by atoms with Crippen LogP contribution in [0.4, 0.5) is 16.3 Å². The van der Waals surface area contributed by atoms with Gasteiger partial charge in [0.2, 0.25) is 0 Å². The van der Waals surface area contributed by atoms with Crippen LogP contribution in [0.3, 0.4) is 0 Å². The molecule has 0 unspecified atom stereocenters. The smallest absolute Gasteiger partial charge is 0.321 e. The van der Waals surface area contributed by atoms with Gasteiger partial charge in [-0.3, -0.25) is 0 Å². The topological polar surface area (TPSA) is 108 Å². The molecule has 0 atom stereocenters. The Bertz CT molecular complexity index is 1220. The largest absolute Gasteiger partial charge is 0.491 e. The summed E-state index contributed by atoms with van der Waals surface area (Å²) >= 11 is 0. The molecule has 0 spiro atoms. The highest BCUT2D eigenvalue weighted by atomic mass is 16.5. The maximum Gasteiger partial charge on any atom is 0.321 e. The Labute approximate surface area is 229 Å². The predicted octanol–water partition coefficient (Wildman–Crippen LogP) is 3.82. The fourth-order valence-electron chi connectivity index (χ4n) is 4.21. The molecule has 2 heterocycles. The first kappa shape index (κ1) is 28.2. The van der Waals surface area contributed by atoms with Gasteiger partial charge in [-0.15, -0.1) is 0 Å². The summed E-state index contributed by atoms with van der Waals surface area (Å²) in [5.74, 6) is 2.75. The Kier molecular flexibility index (Phi) is 9.98. The van der Waals surface area contributed by atoms with Crippen LogP contribution in [0.25, 0.3) is 10.9 Å². The van der Waals surface area contributed by atoms with Crippen molar-refractivity contribution in [3.63, 3.8) is 0 Å². The summed E-state index contributed by atoms with van der Waals surface area (Å²) in [7, 11) is 3.26. The third-order valence-electron chi connectivity index (χ3n) is 6.11. The summed E-state index contributed by atoms with van der Waals surface area (Å²) in [4.78, 5) is 25.9. The van der Waals surface area contributed by atoms with Gasteiger partial charge < -0.3 is 38.8 Å². The van der Waals surface area contributed by atoms with Crippen molar-refractivity contribution in [1.29, 1.82) is 0 Å². The molecule has 0 bridgehead atoms. The standard InChI is InChI=1S/C28H37N5O6/c1-20(2)39-22-7-5-21(6-8-22)31-28(34)33-11-9-32(10-12-33)27-23-17-25(37-15-13-35-3)26(38-16-14-36-4)18-24(23)29-19-30-27/h5-8,17-20H,9-16H2,1-4H3,(H,31,34). The summed E-state index contributed by atoms with van der Waals surface area (Å²) in [6, 6.07) is 11.0. The zero-order chi connectivity index (χ0) is 27.6. The van der Waals surface area contributed by atoms with E-state index in [9.17, 15) is 4.79 Å². The van der Waals surface area contributed by atoms with Crippen LogP contribution in [0.2, 0.25) is 0 Å². The lowest BCUT2D eigenvalue weighted by Crippen LogP contribution is -2.50. The van der Waals surface area contributed by atoms with Gasteiger partial charge in [-0.2, -0.15) is 0 Å². The number of benzene rings is 2. The van der Waals surface area contributed by atoms with Crippen LogP contribution in [0.5, 0.6) is 17.2 Å². The van der Waals surface area contributed by atoms with E-state index in [-0.39, 0.29) is 12.1 Å². The summed E-state index contributed by atoms with van der Waals surface area (Å²) in [5.41, 5.74) is 1.47. The first-order chi connectivity index (χ1) is 19.0. The Morgan fingerprint density at radius 1 is 0.897 bits per heavy atom. The van der Waals surface area contributed by atoms with Crippen LogP contribution in [-0.4, -0.2) is 93.8 Å². The van der Waals surface area contributed by atoms with Crippen LogP contribution < -0.4 is 24.4 Å². The second kappa shape index (κ2) is 13.8. The molecule has 210 valence electrons. The van der Waals surface area contributed by atoms with E-state index in [1.165, 1.54) is 0 Å². The van der Waals surface area contributed by atoms with E-state index in [2.05, 4.69) is 20.2 Å². The van der Waals surface area contributed by atoms with Gasteiger partial charge in [0.05, 0.1) is 24.8 Å². The minimum atomic E-state index is -0.133. The number of carbonyl (C=O) groups is 1. The molecule has 1 fully saturated rings. The first-order valence-electron chi connectivity index (χ1n) is 13.1. The molecule has 3 aromatic rings. The first-order valence-corrected chi connectivity index (χ1v) is 13.1. The van der Waals surface area contributed by atoms with E-state index in [1.54, 1.807) is 25.4 Å². The number of fused-ring (bicyclic) bond motifs is 1. The van der Waals surface area contributed by atoms with Crippen molar-refractivity contribution < 1.29 is 28.5 Å². The molecular weight excluding hydrogens is 502 g/mol. The minimum absolute atomic E-state index is 0.0970. The Balaban J connectivity index is 1.43. The fraction of sp³-hybridized carbons (Fsp3) is 0.464. The number of anilines is 2. The summed E-state index contributed by atoms with van der Waals surface area (Å²) in [6.45, 7) is 8.01. The van der Waals surface area contributed by atoms with Crippen molar-refractivity contribution in [2.24, 2.45) is 0 Å². The number of urea groups is 1. The van der Waals surface area contributed by atoms with Crippen LogP contribution >= 0.6 is 0 Å². The molecule has 39 heavy (non-hydrogen) atoms. The van der Waals surface area contributed by atoms with Gasteiger partial charge >= 0.3 is 6.03 Å². The van der Waals surface area contributed by atoms with Crippen LogP contribution in [-0.2, 0) is 9.47 Å². The number of piperazine rings is 1. The number of carbonyl (C=O) groups excluding carboxylic acids is 1. The van der Waals surface area contributed by atoms with Gasteiger partial charge in [-0.1, -0.05) is 0 Å². The quantitative estimate of drug-likeness (QED) is 0.344. The molecule has 1 aliphatic rings. The maximum absolute atomic E-state index is 12.9. The molecule has 11 heteroatoms. The molecular formula is C28H37N5O6. The number of aromatic nitrogens is 2. The highest BCUT2D eigenvalue weighted by Crippen LogP contribution is 2.35. The average molecular weight is 540 g/mol. The lowest BCUT2D eigenvalue weighted by Gasteiger charge is -2.35. The monoisotopic (exact) mass is 539 g/mol. The number of methoxy groups -OCH3 is 2. The molecule has 1 aliphatic heterocycles. The number of nitrogens with zero attached hydrogens (tertiary/aromatic N) is 4. The number of nitrogens with one attached hydrogen (secondary N) is 1. The van der Waals surface area contributed by atoms with Crippen LogP contribution in [0, 0.1) is 0 Å². The zero-order valence-corrected chi connectivity index (χ0v) is 23.0. The Hall–Kier alpha value is -3.83. The number of rotatable bonds is 12. The lowest BCUT2D eigenvalue weighted by molar-refractivity contribution is 0.132. The summed E-state index contributed by atoms with van der Waals surface area (Å²) in [6.07, 6.45) is 1.65. The second-order valence-corrected chi connectivity index (χ2v) is 9.29. The third kappa shape index (κ3) is 7.61. The minimum Gasteiger partial charge on any atom is -0.491 e. The molecule has 2 amide bonds. The van der Waals surface area contributed by atoms with Crippen molar-refractivity contribution in [1.82, 2.24) is 14.9 Å². The van der Waals surface area contributed by atoms with Crippen molar-refractivity contribution in [2.45, 2.75) is 20.0 Å². The summed E-state index contributed by atoms with van der Waals surface area (Å²) in [5, 5.41) is 3.83. The van der Waals surface area contributed by atoms with E-state index < -0.39 is 0 Å². The van der Waals surface area contributed by atoms with E-state index >= 15 is 0 Å². The van der Waals surface area contributed by atoms with E-state index in [1.807, 2.05) is 50.2 Å². The average Bonchev–Trinajstić information content (AvgIpc) is 2.94. The summed E-state index contributed by atoms with van der Waals surface area (Å²) < 4.78 is 27.8. The van der Waals surface area contributed by atoms with E-state index in [0.717, 1.165) is 28.2 Å². The molecule has 0 aliphatic carbocycles. The van der Waals surface area contributed by atoms with Gasteiger partial charge in [0.25, 0.3) is 0 Å². The highest BCUT2D eigenvalue weighted by molar-refractivity contribution is 5.92. The normalized spacial score (nSPS) is 13.6. The number of amides is 2. The van der Waals surface area contributed by atoms with Gasteiger partial charge in [-0.25, -0.2) is 14.8 Å². The third-order valence-corrected chi connectivity index (χ3v) is 6.11. The second-order valence-electron chi connectivity index (χ2n) is 9.29. The predicted molar refractivity (Wildman–Crippen MR) is 149 cm³/mol.